The van der Waals surface area contributed by atoms with E-state index in [4.69, 9.17) is 0 Å². The molecule has 0 spiro atoms. The summed E-state index contributed by atoms with van der Waals surface area (Å²) >= 11 is 0. The lowest BCUT2D eigenvalue weighted by atomic mass is 9.77. The molecule has 1 saturated carbocycles. The van der Waals surface area contributed by atoms with Crippen LogP contribution in [0, 0.1) is 5.92 Å². The maximum absolute atomic E-state index is 4.47. The first-order chi connectivity index (χ1) is 9.88. The minimum atomic E-state index is 0.705. The van der Waals surface area contributed by atoms with Gasteiger partial charge in [0.15, 0.2) is 0 Å². The second kappa shape index (κ2) is 5.49. The number of nitrogens with zero attached hydrogens (tertiary/aromatic N) is 3. The van der Waals surface area contributed by atoms with Crippen molar-refractivity contribution < 1.29 is 0 Å². The summed E-state index contributed by atoms with van der Waals surface area (Å²) in [7, 11) is 0. The van der Waals surface area contributed by atoms with Crippen molar-refractivity contribution >= 4 is 0 Å². The van der Waals surface area contributed by atoms with Gasteiger partial charge in [-0.15, -0.1) is 0 Å². The Balaban J connectivity index is 1.34. The van der Waals surface area contributed by atoms with E-state index in [1.165, 1.54) is 57.4 Å². The molecule has 1 saturated heterocycles. The first kappa shape index (κ1) is 12.8. The average molecular weight is 274 g/mol. The van der Waals surface area contributed by atoms with E-state index in [9.17, 15) is 0 Å². The van der Waals surface area contributed by atoms with E-state index in [0.29, 0.717) is 6.04 Å². The average Bonchev–Trinajstić information content (AvgIpc) is 2.95. The van der Waals surface area contributed by atoms with Crippen LogP contribution in [-0.2, 0) is 13.1 Å². The minimum Gasteiger partial charge on any atom is -0.333 e. The number of hydrogen-bond donors (Lipinski definition) is 1. The Labute approximate surface area is 121 Å². The molecule has 1 aromatic heterocycles. The predicted octanol–water partition coefficient (Wildman–Crippen LogP) is 2.01. The molecule has 4 nitrogen and oxygen atoms in total. The zero-order valence-corrected chi connectivity index (χ0v) is 12.3. The van der Waals surface area contributed by atoms with Crippen molar-refractivity contribution in [2.45, 2.75) is 63.7 Å². The van der Waals surface area contributed by atoms with Crippen molar-refractivity contribution in [3.8, 4) is 0 Å². The molecule has 3 heterocycles. The standard InChI is InChI=1S/C16H26N4/c1-2-4-15-13(3-1)5-6-14(18-15)11-19-9-10-20-8-7-17-16(20)12-19/h7-8,13-15,18H,1-6,9-12H2. The molecule has 0 bridgehead atoms. The summed E-state index contributed by atoms with van der Waals surface area (Å²) in [6.07, 6.45) is 12.6. The maximum atomic E-state index is 4.47. The van der Waals surface area contributed by atoms with Gasteiger partial charge in [-0.05, 0) is 31.6 Å². The van der Waals surface area contributed by atoms with Crippen LogP contribution in [0.15, 0.2) is 12.4 Å². The second-order valence-corrected chi connectivity index (χ2v) is 6.86. The molecule has 0 amide bonds. The van der Waals surface area contributed by atoms with Gasteiger partial charge in [-0.1, -0.05) is 12.8 Å². The van der Waals surface area contributed by atoms with Crippen molar-refractivity contribution in [1.29, 1.82) is 0 Å². The molecule has 2 aliphatic heterocycles. The number of imidazole rings is 1. The quantitative estimate of drug-likeness (QED) is 0.895. The first-order valence-corrected chi connectivity index (χ1v) is 8.37. The summed E-state index contributed by atoms with van der Waals surface area (Å²) in [6, 6.07) is 1.52. The van der Waals surface area contributed by atoms with Gasteiger partial charge in [0, 0.05) is 44.1 Å². The van der Waals surface area contributed by atoms with Gasteiger partial charge >= 0.3 is 0 Å². The van der Waals surface area contributed by atoms with E-state index < -0.39 is 0 Å². The summed E-state index contributed by atoms with van der Waals surface area (Å²) in [6.45, 7) is 4.51. The highest BCUT2D eigenvalue weighted by Gasteiger charge is 2.32. The molecule has 4 heteroatoms. The number of nitrogens with one attached hydrogen (secondary N) is 1. The van der Waals surface area contributed by atoms with Crippen LogP contribution in [0.4, 0.5) is 0 Å². The lowest BCUT2D eigenvalue weighted by Gasteiger charge is -2.42. The van der Waals surface area contributed by atoms with E-state index >= 15 is 0 Å². The van der Waals surface area contributed by atoms with Gasteiger partial charge in [0.25, 0.3) is 0 Å². The zero-order chi connectivity index (χ0) is 13.4. The van der Waals surface area contributed by atoms with Gasteiger partial charge in [-0.2, -0.15) is 0 Å². The van der Waals surface area contributed by atoms with Crippen LogP contribution < -0.4 is 5.32 Å². The molecule has 0 radical (unpaired) electrons. The third kappa shape index (κ3) is 2.51. The van der Waals surface area contributed by atoms with Crippen molar-refractivity contribution in [3.63, 3.8) is 0 Å². The molecule has 3 atom stereocenters. The van der Waals surface area contributed by atoms with E-state index in [1.807, 2.05) is 6.20 Å². The van der Waals surface area contributed by atoms with Crippen LogP contribution in [0.2, 0.25) is 0 Å². The Morgan fingerprint density at radius 1 is 1.15 bits per heavy atom. The minimum absolute atomic E-state index is 0.705. The second-order valence-electron chi connectivity index (χ2n) is 6.86. The van der Waals surface area contributed by atoms with Crippen LogP contribution in [0.25, 0.3) is 0 Å². The lowest BCUT2D eigenvalue weighted by Crippen LogP contribution is -2.53. The Bertz CT molecular complexity index is 455. The number of rotatable bonds is 2. The highest BCUT2D eigenvalue weighted by Crippen LogP contribution is 2.32. The van der Waals surface area contributed by atoms with Gasteiger partial charge in [-0.3, -0.25) is 4.90 Å². The van der Waals surface area contributed by atoms with Gasteiger partial charge in [-0.25, -0.2) is 4.98 Å². The Morgan fingerprint density at radius 2 is 2.10 bits per heavy atom. The summed E-state index contributed by atoms with van der Waals surface area (Å²) in [4.78, 5) is 7.05. The number of aromatic nitrogens is 2. The maximum Gasteiger partial charge on any atom is 0.122 e. The van der Waals surface area contributed by atoms with Crippen molar-refractivity contribution in [2.24, 2.45) is 5.92 Å². The Hall–Kier alpha value is -0.870. The van der Waals surface area contributed by atoms with Crippen molar-refractivity contribution in [1.82, 2.24) is 19.8 Å². The topological polar surface area (TPSA) is 33.1 Å². The van der Waals surface area contributed by atoms with Crippen LogP contribution in [0.5, 0.6) is 0 Å². The number of piperidine rings is 1. The third-order valence-electron chi connectivity index (χ3n) is 5.55. The zero-order valence-electron chi connectivity index (χ0n) is 12.3. The SMILES string of the molecule is c1cn2c(n1)CN(CC1CCC3CCCCC3N1)CC2. The lowest BCUT2D eigenvalue weighted by molar-refractivity contribution is 0.130. The first-order valence-electron chi connectivity index (χ1n) is 8.37. The van der Waals surface area contributed by atoms with Crippen molar-refractivity contribution in [2.75, 3.05) is 13.1 Å². The summed E-state index contributed by atoms with van der Waals surface area (Å²) in [5.74, 6) is 2.21. The Morgan fingerprint density at radius 3 is 3.10 bits per heavy atom. The van der Waals surface area contributed by atoms with E-state index in [2.05, 4.69) is 26.0 Å². The van der Waals surface area contributed by atoms with Crippen molar-refractivity contribution in [3.05, 3.63) is 18.2 Å². The number of hydrogen-bond acceptors (Lipinski definition) is 3. The van der Waals surface area contributed by atoms with Crippen LogP contribution in [0.3, 0.4) is 0 Å². The van der Waals surface area contributed by atoms with Gasteiger partial charge in [0.2, 0.25) is 0 Å². The molecule has 3 unspecified atom stereocenters. The molecule has 2 fully saturated rings. The predicted molar refractivity (Wildman–Crippen MR) is 79.4 cm³/mol. The fourth-order valence-electron chi connectivity index (χ4n) is 4.41. The highest BCUT2D eigenvalue weighted by atomic mass is 15.2. The van der Waals surface area contributed by atoms with Crippen LogP contribution >= 0.6 is 0 Å². The molecule has 1 aliphatic carbocycles. The third-order valence-corrected chi connectivity index (χ3v) is 5.55. The molecule has 110 valence electrons. The fraction of sp³-hybridized carbons (Fsp3) is 0.812. The summed E-state index contributed by atoms with van der Waals surface area (Å²) < 4.78 is 2.29. The summed E-state index contributed by atoms with van der Waals surface area (Å²) in [5.41, 5.74) is 0. The molecular weight excluding hydrogens is 248 g/mol. The summed E-state index contributed by atoms with van der Waals surface area (Å²) in [5, 5.41) is 3.95. The monoisotopic (exact) mass is 274 g/mol. The largest absolute Gasteiger partial charge is 0.333 e. The molecule has 4 rings (SSSR count). The molecular formula is C16H26N4. The van der Waals surface area contributed by atoms with Crippen LogP contribution in [0.1, 0.15) is 44.3 Å². The normalized spacial score (nSPS) is 34.5. The van der Waals surface area contributed by atoms with E-state index in [-0.39, 0.29) is 0 Å². The highest BCUT2D eigenvalue weighted by molar-refractivity contribution is 4.97. The number of fused-ring (bicyclic) bond motifs is 2. The van der Waals surface area contributed by atoms with E-state index in [1.54, 1.807) is 0 Å². The molecule has 0 aromatic carbocycles. The van der Waals surface area contributed by atoms with E-state index in [0.717, 1.165) is 25.0 Å². The molecule has 1 aromatic rings. The smallest absolute Gasteiger partial charge is 0.122 e. The molecule has 1 N–H and O–H groups in total. The van der Waals surface area contributed by atoms with Gasteiger partial charge < -0.3 is 9.88 Å². The van der Waals surface area contributed by atoms with Gasteiger partial charge in [0.1, 0.15) is 5.82 Å². The molecule has 20 heavy (non-hydrogen) atoms. The van der Waals surface area contributed by atoms with Gasteiger partial charge in [0.05, 0.1) is 6.54 Å². The molecule has 3 aliphatic rings. The fourth-order valence-corrected chi connectivity index (χ4v) is 4.41. The van der Waals surface area contributed by atoms with Crippen LogP contribution in [-0.4, -0.2) is 39.6 Å². The Kier molecular flexibility index (Phi) is 3.52.